The predicted molar refractivity (Wildman–Crippen MR) is 94.9 cm³/mol. The fraction of sp³-hybridized carbons (Fsp3) is 0.316. The number of hydrogen-bond donors (Lipinski definition) is 2. The molecule has 0 aromatic heterocycles. The topological polar surface area (TPSA) is 61.8 Å². The quantitative estimate of drug-likeness (QED) is 0.829. The molecule has 1 aliphatic heterocycles. The zero-order valence-corrected chi connectivity index (χ0v) is 14.0. The molecule has 5 nitrogen and oxygen atoms in total. The van der Waals surface area contributed by atoms with Gasteiger partial charge in [0.25, 0.3) is 5.91 Å². The summed E-state index contributed by atoms with van der Waals surface area (Å²) in [6, 6.07) is 12.9. The molecule has 1 amide bonds. The maximum absolute atomic E-state index is 12.2. The van der Waals surface area contributed by atoms with Gasteiger partial charge >= 0.3 is 0 Å². The molecule has 3 rings (SSSR count). The monoisotopic (exact) mass is 326 g/mol. The number of carbonyl (C=O) groups excluding carboxylic acids is 1. The first-order valence-corrected chi connectivity index (χ1v) is 8.25. The zero-order valence-electron chi connectivity index (χ0n) is 14.0. The highest BCUT2D eigenvalue weighted by Crippen LogP contribution is 2.33. The first-order valence-electron chi connectivity index (χ1n) is 8.25. The van der Waals surface area contributed by atoms with Crippen molar-refractivity contribution in [3.63, 3.8) is 0 Å². The van der Waals surface area contributed by atoms with Crippen LogP contribution in [-0.4, -0.2) is 30.2 Å². The Hall–Kier alpha value is -2.69. The molecular formula is C19H22N2O3. The summed E-state index contributed by atoms with van der Waals surface area (Å²) in [4.78, 5) is 14.5. The van der Waals surface area contributed by atoms with Crippen LogP contribution in [0.5, 0.6) is 11.5 Å². The van der Waals surface area contributed by atoms with Gasteiger partial charge in [-0.1, -0.05) is 12.1 Å². The molecule has 1 unspecified atom stereocenters. The van der Waals surface area contributed by atoms with Crippen molar-refractivity contribution in [2.45, 2.75) is 26.4 Å². The summed E-state index contributed by atoms with van der Waals surface area (Å²) in [7, 11) is 0. The normalized spacial score (nSPS) is 16.1. The minimum atomic E-state index is -0.599. The first-order chi connectivity index (χ1) is 11.6. The summed E-state index contributed by atoms with van der Waals surface area (Å²) >= 11 is 0. The van der Waals surface area contributed by atoms with Crippen molar-refractivity contribution in [3.05, 3.63) is 48.0 Å². The summed E-state index contributed by atoms with van der Waals surface area (Å²) in [5.74, 6) is 0.451. The first kappa shape index (κ1) is 16.2. The standard InChI is InChI=1S/C19H22N2O3/c1-3-21(4-2)14-7-5-13(6-8-14)11-18-19(23)20-16-10-9-15(22)12-17(16)24-18/h5-10,12,18,22H,3-4,11H2,1-2H3,(H,20,23). The van der Waals surface area contributed by atoms with Crippen LogP contribution in [0.3, 0.4) is 0 Å². The number of nitrogens with one attached hydrogen (secondary N) is 1. The van der Waals surface area contributed by atoms with Gasteiger partial charge in [-0.05, 0) is 43.7 Å². The van der Waals surface area contributed by atoms with Crippen molar-refractivity contribution in [2.24, 2.45) is 0 Å². The molecule has 5 heteroatoms. The highest BCUT2D eigenvalue weighted by atomic mass is 16.5. The van der Waals surface area contributed by atoms with Gasteiger partial charge in [0.2, 0.25) is 0 Å². The van der Waals surface area contributed by atoms with Gasteiger partial charge in [0, 0.05) is 31.3 Å². The Bertz CT molecular complexity index is 724. The lowest BCUT2D eigenvalue weighted by Crippen LogP contribution is -2.38. The van der Waals surface area contributed by atoms with Crippen LogP contribution in [0, 0.1) is 0 Å². The van der Waals surface area contributed by atoms with Crippen LogP contribution in [-0.2, 0) is 11.2 Å². The van der Waals surface area contributed by atoms with Crippen molar-refractivity contribution in [2.75, 3.05) is 23.3 Å². The number of aromatic hydroxyl groups is 1. The summed E-state index contributed by atoms with van der Waals surface area (Å²) in [5, 5.41) is 12.4. The predicted octanol–water partition coefficient (Wildman–Crippen LogP) is 3.18. The SMILES string of the molecule is CCN(CC)c1ccc(CC2Oc3cc(O)ccc3NC2=O)cc1. The molecule has 2 aromatic rings. The van der Waals surface area contributed by atoms with Gasteiger partial charge in [0.05, 0.1) is 5.69 Å². The molecule has 2 N–H and O–H groups in total. The van der Waals surface area contributed by atoms with Crippen molar-refractivity contribution in [3.8, 4) is 11.5 Å². The molecule has 0 radical (unpaired) electrons. The van der Waals surface area contributed by atoms with E-state index in [1.807, 2.05) is 12.1 Å². The van der Waals surface area contributed by atoms with E-state index >= 15 is 0 Å². The minimum Gasteiger partial charge on any atom is -0.508 e. The van der Waals surface area contributed by atoms with E-state index in [0.29, 0.717) is 17.9 Å². The van der Waals surface area contributed by atoms with Crippen molar-refractivity contribution >= 4 is 17.3 Å². The molecule has 0 saturated heterocycles. The van der Waals surface area contributed by atoms with Gasteiger partial charge in [-0.3, -0.25) is 4.79 Å². The smallest absolute Gasteiger partial charge is 0.265 e. The van der Waals surface area contributed by atoms with Gasteiger partial charge in [0.1, 0.15) is 11.5 Å². The molecule has 126 valence electrons. The number of carbonyl (C=O) groups is 1. The zero-order chi connectivity index (χ0) is 17.1. The summed E-state index contributed by atoms with van der Waals surface area (Å²) < 4.78 is 5.77. The maximum atomic E-state index is 12.2. The number of hydrogen-bond acceptors (Lipinski definition) is 4. The highest BCUT2D eigenvalue weighted by molar-refractivity contribution is 5.98. The second-order valence-corrected chi connectivity index (χ2v) is 5.82. The Morgan fingerprint density at radius 1 is 1.12 bits per heavy atom. The van der Waals surface area contributed by atoms with E-state index in [1.165, 1.54) is 17.8 Å². The second-order valence-electron chi connectivity index (χ2n) is 5.82. The molecule has 0 saturated carbocycles. The van der Waals surface area contributed by atoms with Crippen molar-refractivity contribution in [1.82, 2.24) is 0 Å². The Kier molecular flexibility index (Phi) is 4.60. The summed E-state index contributed by atoms with van der Waals surface area (Å²) in [6.07, 6.45) is -0.113. The number of rotatable bonds is 5. The molecule has 1 aliphatic rings. The number of benzene rings is 2. The number of nitrogens with zero attached hydrogens (tertiary/aromatic N) is 1. The van der Waals surface area contributed by atoms with E-state index in [1.54, 1.807) is 6.07 Å². The molecular weight excluding hydrogens is 304 g/mol. The molecule has 0 aliphatic carbocycles. The second kappa shape index (κ2) is 6.83. The third kappa shape index (κ3) is 3.30. The molecule has 24 heavy (non-hydrogen) atoms. The molecule has 0 bridgehead atoms. The number of anilines is 2. The number of fused-ring (bicyclic) bond motifs is 1. The number of amides is 1. The van der Waals surface area contributed by atoms with Crippen LogP contribution >= 0.6 is 0 Å². The van der Waals surface area contributed by atoms with E-state index in [2.05, 4.69) is 36.2 Å². The highest BCUT2D eigenvalue weighted by Gasteiger charge is 2.28. The van der Waals surface area contributed by atoms with E-state index in [4.69, 9.17) is 4.74 Å². The van der Waals surface area contributed by atoms with Gasteiger partial charge in [0.15, 0.2) is 6.10 Å². The lowest BCUT2D eigenvalue weighted by molar-refractivity contribution is -0.123. The van der Waals surface area contributed by atoms with Crippen molar-refractivity contribution < 1.29 is 14.6 Å². The van der Waals surface area contributed by atoms with Gasteiger partial charge in [-0.15, -0.1) is 0 Å². The fourth-order valence-electron chi connectivity index (χ4n) is 2.91. The van der Waals surface area contributed by atoms with Gasteiger partial charge in [-0.25, -0.2) is 0 Å². The Morgan fingerprint density at radius 3 is 2.50 bits per heavy atom. The molecule has 2 aromatic carbocycles. The largest absolute Gasteiger partial charge is 0.508 e. The average Bonchev–Trinajstić information content (AvgIpc) is 2.58. The molecule has 1 heterocycles. The number of ether oxygens (including phenoxy) is 1. The van der Waals surface area contributed by atoms with Crippen LogP contribution in [0.2, 0.25) is 0 Å². The van der Waals surface area contributed by atoms with Crippen LogP contribution in [0.4, 0.5) is 11.4 Å². The van der Waals surface area contributed by atoms with Crippen LogP contribution in [0.1, 0.15) is 19.4 Å². The maximum Gasteiger partial charge on any atom is 0.265 e. The van der Waals surface area contributed by atoms with Crippen LogP contribution in [0.15, 0.2) is 42.5 Å². The third-order valence-electron chi connectivity index (χ3n) is 4.27. The van der Waals surface area contributed by atoms with Gasteiger partial charge < -0.3 is 20.1 Å². The Morgan fingerprint density at radius 2 is 1.83 bits per heavy atom. The lowest BCUT2D eigenvalue weighted by atomic mass is 10.0. The van der Waals surface area contributed by atoms with Gasteiger partial charge in [-0.2, -0.15) is 0 Å². The summed E-state index contributed by atoms with van der Waals surface area (Å²) in [6.45, 7) is 6.18. The summed E-state index contributed by atoms with van der Waals surface area (Å²) in [5.41, 5.74) is 2.80. The third-order valence-corrected chi connectivity index (χ3v) is 4.27. The molecule has 0 spiro atoms. The molecule has 0 fully saturated rings. The Labute approximate surface area is 141 Å². The average molecular weight is 326 g/mol. The van der Waals surface area contributed by atoms with Crippen LogP contribution < -0.4 is 15.0 Å². The van der Waals surface area contributed by atoms with Crippen molar-refractivity contribution in [1.29, 1.82) is 0 Å². The fourth-order valence-corrected chi connectivity index (χ4v) is 2.91. The van der Waals surface area contributed by atoms with E-state index in [0.717, 1.165) is 18.7 Å². The lowest BCUT2D eigenvalue weighted by Gasteiger charge is -2.26. The van der Waals surface area contributed by atoms with Crippen LogP contribution in [0.25, 0.3) is 0 Å². The van der Waals surface area contributed by atoms with E-state index in [9.17, 15) is 9.90 Å². The molecule has 1 atom stereocenters. The number of phenolic OH excluding ortho intramolecular Hbond substituents is 1. The van der Waals surface area contributed by atoms with E-state index in [-0.39, 0.29) is 11.7 Å². The number of phenols is 1. The minimum absolute atomic E-state index is 0.118. The van der Waals surface area contributed by atoms with E-state index < -0.39 is 6.10 Å². The Balaban J connectivity index is 1.73.